The Morgan fingerprint density at radius 3 is 2.15 bits per heavy atom. The van der Waals surface area contributed by atoms with Gasteiger partial charge in [-0.1, -0.05) is 61.7 Å². The lowest BCUT2D eigenvalue weighted by Crippen LogP contribution is -2.11. The molecule has 100 valence electrons. The number of hydrogen-bond acceptors (Lipinski definition) is 2. The summed E-state index contributed by atoms with van der Waals surface area (Å²) in [5.41, 5.74) is 2.33. The highest BCUT2D eigenvalue weighted by Gasteiger charge is 2.22. The van der Waals surface area contributed by atoms with Crippen molar-refractivity contribution in [1.82, 2.24) is 0 Å². The molecule has 0 aliphatic heterocycles. The van der Waals surface area contributed by atoms with Crippen LogP contribution in [0.15, 0.2) is 51.4 Å². The quantitative estimate of drug-likeness (QED) is 0.688. The lowest BCUT2D eigenvalue weighted by molar-refractivity contribution is 0.0978. The van der Waals surface area contributed by atoms with Gasteiger partial charge in [0, 0.05) is 14.5 Å². The number of carbonyl (C=O) groups is 1. The summed E-state index contributed by atoms with van der Waals surface area (Å²) < 4.78 is 1.60. The number of aryl methyl sites for hydroxylation is 1. The van der Waals surface area contributed by atoms with Crippen LogP contribution in [0.3, 0.4) is 0 Å². The lowest BCUT2D eigenvalue weighted by atomic mass is 9.91. The van der Waals surface area contributed by atoms with E-state index in [0.29, 0.717) is 5.56 Å². The fourth-order valence-corrected chi connectivity index (χ4v) is 3.20. The van der Waals surface area contributed by atoms with Crippen molar-refractivity contribution in [3.8, 4) is 6.07 Å². The van der Waals surface area contributed by atoms with Crippen LogP contribution in [0.5, 0.6) is 0 Å². The van der Waals surface area contributed by atoms with Crippen LogP contribution < -0.4 is 0 Å². The molecule has 2 aromatic carbocycles. The van der Waals surface area contributed by atoms with Gasteiger partial charge >= 0.3 is 0 Å². The maximum absolute atomic E-state index is 12.5. The first-order valence-corrected chi connectivity index (χ1v) is 7.56. The standard InChI is InChI=1S/C16H11Br2NO/c1-10-2-4-11(5-3-10)15(9-19)16(20)12-6-13(17)8-14(18)7-12/h2-8,15H,1H3. The summed E-state index contributed by atoms with van der Waals surface area (Å²) in [4.78, 5) is 12.5. The van der Waals surface area contributed by atoms with E-state index >= 15 is 0 Å². The number of carbonyl (C=O) groups excluding carboxylic acids is 1. The van der Waals surface area contributed by atoms with Crippen LogP contribution in [-0.2, 0) is 0 Å². The molecule has 0 aromatic heterocycles. The Hall–Kier alpha value is -1.44. The van der Waals surface area contributed by atoms with Crippen molar-refractivity contribution in [3.63, 3.8) is 0 Å². The maximum atomic E-state index is 12.5. The Bertz CT molecular complexity index is 666. The van der Waals surface area contributed by atoms with Gasteiger partial charge in [0.1, 0.15) is 5.92 Å². The van der Waals surface area contributed by atoms with Gasteiger partial charge in [-0.3, -0.25) is 4.79 Å². The van der Waals surface area contributed by atoms with Crippen LogP contribution in [0.4, 0.5) is 0 Å². The molecule has 1 unspecified atom stereocenters. The van der Waals surface area contributed by atoms with E-state index in [-0.39, 0.29) is 5.78 Å². The van der Waals surface area contributed by atoms with Gasteiger partial charge in [-0.05, 0) is 30.7 Å². The molecule has 4 heteroatoms. The minimum Gasteiger partial charge on any atom is -0.292 e. The summed E-state index contributed by atoms with van der Waals surface area (Å²) in [6.07, 6.45) is 0. The molecule has 0 heterocycles. The van der Waals surface area contributed by atoms with Crippen molar-refractivity contribution in [2.75, 3.05) is 0 Å². The second-order valence-corrected chi connectivity index (χ2v) is 6.33. The zero-order valence-corrected chi connectivity index (χ0v) is 13.9. The van der Waals surface area contributed by atoms with Gasteiger partial charge in [0.25, 0.3) is 0 Å². The largest absolute Gasteiger partial charge is 0.292 e. The molecule has 0 spiro atoms. The van der Waals surface area contributed by atoms with Crippen molar-refractivity contribution in [2.45, 2.75) is 12.8 Å². The van der Waals surface area contributed by atoms with E-state index in [9.17, 15) is 10.1 Å². The highest BCUT2D eigenvalue weighted by atomic mass is 79.9. The first-order valence-electron chi connectivity index (χ1n) is 5.98. The van der Waals surface area contributed by atoms with Gasteiger partial charge in [0.2, 0.25) is 0 Å². The van der Waals surface area contributed by atoms with Gasteiger partial charge in [-0.15, -0.1) is 0 Å². The fourth-order valence-electron chi connectivity index (χ4n) is 1.91. The van der Waals surface area contributed by atoms with Crippen molar-refractivity contribution in [1.29, 1.82) is 5.26 Å². The second kappa shape index (κ2) is 6.34. The van der Waals surface area contributed by atoms with E-state index in [1.54, 1.807) is 12.1 Å². The highest BCUT2D eigenvalue weighted by Crippen LogP contribution is 2.25. The molecule has 0 N–H and O–H groups in total. The molecule has 0 radical (unpaired) electrons. The van der Waals surface area contributed by atoms with E-state index in [4.69, 9.17) is 0 Å². The van der Waals surface area contributed by atoms with Crippen molar-refractivity contribution in [3.05, 3.63) is 68.1 Å². The third-order valence-corrected chi connectivity index (χ3v) is 3.86. The maximum Gasteiger partial charge on any atom is 0.184 e. The first kappa shape index (κ1) is 15.0. The summed E-state index contributed by atoms with van der Waals surface area (Å²) in [7, 11) is 0. The van der Waals surface area contributed by atoms with E-state index in [1.807, 2.05) is 37.3 Å². The summed E-state index contributed by atoms with van der Waals surface area (Å²) in [6.45, 7) is 1.97. The number of Topliss-reactive ketones (excluding diaryl/α,β-unsaturated/α-hetero) is 1. The van der Waals surface area contributed by atoms with Crippen LogP contribution in [-0.4, -0.2) is 5.78 Å². The number of nitrogens with zero attached hydrogens (tertiary/aromatic N) is 1. The topological polar surface area (TPSA) is 40.9 Å². The molecule has 1 atom stereocenters. The van der Waals surface area contributed by atoms with Gasteiger partial charge in [0.05, 0.1) is 6.07 Å². The third kappa shape index (κ3) is 3.36. The number of nitriles is 1. The molecule has 20 heavy (non-hydrogen) atoms. The Morgan fingerprint density at radius 2 is 1.65 bits per heavy atom. The summed E-state index contributed by atoms with van der Waals surface area (Å²) in [6, 6.07) is 14.9. The number of halogens is 2. The van der Waals surface area contributed by atoms with E-state index in [1.165, 1.54) is 0 Å². The van der Waals surface area contributed by atoms with Crippen LogP contribution in [0.1, 0.15) is 27.4 Å². The summed E-state index contributed by atoms with van der Waals surface area (Å²) in [5.74, 6) is -0.977. The molecule has 0 aliphatic rings. The normalized spacial score (nSPS) is 11.7. The highest BCUT2D eigenvalue weighted by molar-refractivity contribution is 9.11. The first-order chi connectivity index (χ1) is 9.51. The average Bonchev–Trinajstić information content (AvgIpc) is 2.40. The number of hydrogen-bond donors (Lipinski definition) is 0. The molecular formula is C16H11Br2NO. The van der Waals surface area contributed by atoms with Gasteiger partial charge < -0.3 is 0 Å². The summed E-state index contributed by atoms with van der Waals surface area (Å²) >= 11 is 6.71. The molecule has 2 rings (SSSR count). The fraction of sp³-hybridized carbons (Fsp3) is 0.125. The zero-order valence-electron chi connectivity index (χ0n) is 10.7. The lowest BCUT2D eigenvalue weighted by Gasteiger charge is -2.10. The number of benzene rings is 2. The average molecular weight is 393 g/mol. The smallest absolute Gasteiger partial charge is 0.184 e. The van der Waals surface area contributed by atoms with E-state index < -0.39 is 5.92 Å². The SMILES string of the molecule is Cc1ccc(C(C#N)C(=O)c2cc(Br)cc(Br)c2)cc1. The molecule has 0 bridgehead atoms. The number of ketones is 1. The monoisotopic (exact) mass is 391 g/mol. The Kier molecular flexibility index (Phi) is 4.74. The van der Waals surface area contributed by atoms with Gasteiger partial charge in [-0.25, -0.2) is 0 Å². The van der Waals surface area contributed by atoms with Crippen LogP contribution in [0.25, 0.3) is 0 Å². The molecule has 0 aliphatic carbocycles. The van der Waals surface area contributed by atoms with Crippen LogP contribution in [0.2, 0.25) is 0 Å². The van der Waals surface area contributed by atoms with Gasteiger partial charge in [-0.2, -0.15) is 5.26 Å². The van der Waals surface area contributed by atoms with Crippen LogP contribution >= 0.6 is 31.9 Å². The molecular weight excluding hydrogens is 382 g/mol. The zero-order chi connectivity index (χ0) is 14.7. The molecule has 2 nitrogen and oxygen atoms in total. The Labute approximate surface area is 134 Å². The van der Waals surface area contributed by atoms with Crippen molar-refractivity contribution in [2.24, 2.45) is 0 Å². The van der Waals surface area contributed by atoms with Crippen LogP contribution in [0, 0.1) is 18.3 Å². The van der Waals surface area contributed by atoms with Crippen molar-refractivity contribution >= 4 is 37.6 Å². The molecule has 0 saturated carbocycles. The second-order valence-electron chi connectivity index (χ2n) is 4.50. The Balaban J connectivity index is 2.39. The number of rotatable bonds is 3. The molecule has 0 amide bonds. The van der Waals surface area contributed by atoms with Crippen molar-refractivity contribution < 1.29 is 4.79 Å². The third-order valence-electron chi connectivity index (χ3n) is 2.95. The predicted octanol–water partition coefficient (Wildman–Crippen LogP) is 5.01. The minimum absolute atomic E-state index is 0.196. The Morgan fingerprint density at radius 1 is 1.10 bits per heavy atom. The van der Waals surface area contributed by atoms with E-state index in [2.05, 4.69) is 37.9 Å². The summed E-state index contributed by atoms with van der Waals surface area (Å²) in [5, 5.41) is 9.32. The molecule has 0 fully saturated rings. The minimum atomic E-state index is -0.781. The van der Waals surface area contributed by atoms with E-state index in [0.717, 1.165) is 20.1 Å². The molecule has 0 saturated heterocycles. The molecule has 2 aromatic rings. The predicted molar refractivity (Wildman–Crippen MR) is 85.7 cm³/mol. The van der Waals surface area contributed by atoms with Gasteiger partial charge in [0.15, 0.2) is 5.78 Å².